The van der Waals surface area contributed by atoms with Gasteiger partial charge in [0, 0.05) is 37.8 Å². The van der Waals surface area contributed by atoms with Crippen LogP contribution in [0.15, 0.2) is 29.2 Å². The third-order valence-electron chi connectivity index (χ3n) is 5.40. The summed E-state index contributed by atoms with van der Waals surface area (Å²) in [6.45, 7) is 6.54. The van der Waals surface area contributed by atoms with Crippen molar-refractivity contribution in [2.45, 2.75) is 44.0 Å². The van der Waals surface area contributed by atoms with E-state index in [-0.39, 0.29) is 34.7 Å². The number of carbonyl (C=O) groups is 1. The van der Waals surface area contributed by atoms with Gasteiger partial charge in [0.15, 0.2) is 0 Å². The first-order chi connectivity index (χ1) is 11.7. The summed E-state index contributed by atoms with van der Waals surface area (Å²) in [4.78, 5) is 14.8. The van der Waals surface area contributed by atoms with Crippen LogP contribution in [-0.2, 0) is 10.0 Å². The van der Waals surface area contributed by atoms with E-state index in [9.17, 15) is 13.2 Å². The number of carbonyl (C=O) groups excluding carboxylic acids is 1. The Hall–Kier alpha value is -1.15. The zero-order chi connectivity index (χ0) is 18.2. The smallest absolute Gasteiger partial charge is 0.253 e. The van der Waals surface area contributed by atoms with Crippen molar-refractivity contribution in [2.75, 3.05) is 26.2 Å². The average molecular weight is 402 g/mol. The van der Waals surface area contributed by atoms with Crippen LogP contribution >= 0.6 is 12.4 Å². The van der Waals surface area contributed by atoms with E-state index in [0.29, 0.717) is 31.7 Å². The molecule has 1 aromatic rings. The van der Waals surface area contributed by atoms with Gasteiger partial charge in [-0.05, 0) is 48.9 Å². The minimum Gasteiger partial charge on any atom is -0.338 e. The number of halogens is 1. The number of hydrogen-bond acceptors (Lipinski definition) is 4. The van der Waals surface area contributed by atoms with Crippen LogP contribution < -0.4 is 5.73 Å². The van der Waals surface area contributed by atoms with Gasteiger partial charge in [-0.2, -0.15) is 4.31 Å². The molecule has 6 nitrogen and oxygen atoms in total. The fourth-order valence-corrected chi connectivity index (χ4v) is 5.09. The maximum absolute atomic E-state index is 12.7. The second kappa shape index (κ2) is 7.84. The molecule has 8 heteroatoms. The minimum absolute atomic E-state index is 0. The lowest BCUT2D eigenvalue weighted by Gasteiger charge is -2.42. The Kier molecular flexibility index (Phi) is 6.38. The first kappa shape index (κ1) is 21.2. The summed E-state index contributed by atoms with van der Waals surface area (Å²) in [5.74, 6) is -0.0647. The molecule has 1 amide bonds. The molecule has 0 aromatic heterocycles. The van der Waals surface area contributed by atoms with Crippen molar-refractivity contribution in [1.29, 1.82) is 0 Å². The van der Waals surface area contributed by atoms with Crippen LogP contribution in [0.5, 0.6) is 0 Å². The number of likely N-dealkylation sites (tertiary alicyclic amines) is 1. The highest BCUT2D eigenvalue weighted by atomic mass is 35.5. The van der Waals surface area contributed by atoms with Crippen LogP contribution in [0.1, 0.15) is 43.5 Å². The number of nitrogens with two attached hydrogens (primary N) is 1. The predicted octanol–water partition coefficient (Wildman–Crippen LogP) is 2.09. The van der Waals surface area contributed by atoms with E-state index in [2.05, 4.69) is 13.8 Å². The fourth-order valence-electron chi connectivity index (χ4n) is 3.58. The normalized spacial score (nSPS) is 23.5. The zero-order valence-corrected chi connectivity index (χ0v) is 17.0. The third kappa shape index (κ3) is 4.06. The van der Waals surface area contributed by atoms with Crippen LogP contribution in [0.25, 0.3) is 0 Å². The monoisotopic (exact) mass is 401 g/mol. The second-order valence-corrected chi connectivity index (χ2v) is 9.68. The van der Waals surface area contributed by atoms with Gasteiger partial charge in [-0.1, -0.05) is 13.8 Å². The summed E-state index contributed by atoms with van der Waals surface area (Å²) in [7, 11) is -3.44. The van der Waals surface area contributed by atoms with E-state index < -0.39 is 10.0 Å². The highest BCUT2D eigenvalue weighted by Gasteiger charge is 2.35. The van der Waals surface area contributed by atoms with Gasteiger partial charge >= 0.3 is 0 Å². The molecule has 146 valence electrons. The standard InChI is InChI=1S/C18H27N3O3S.ClH/c1-18(2)13-20(12-9-16(18)19)17(22)14-5-7-15(8-6-14)25(23,24)21-10-3-4-11-21;/h5-8,16H,3-4,9-13,19H2,1-2H3;1H. The van der Waals surface area contributed by atoms with Gasteiger partial charge in [0.25, 0.3) is 5.91 Å². The first-order valence-electron chi connectivity index (χ1n) is 8.87. The molecule has 0 spiro atoms. The van der Waals surface area contributed by atoms with Crippen molar-refractivity contribution in [1.82, 2.24) is 9.21 Å². The highest BCUT2D eigenvalue weighted by molar-refractivity contribution is 7.89. The number of benzene rings is 1. The van der Waals surface area contributed by atoms with E-state index in [1.165, 1.54) is 4.31 Å². The van der Waals surface area contributed by atoms with Crippen molar-refractivity contribution < 1.29 is 13.2 Å². The predicted molar refractivity (Wildman–Crippen MR) is 104 cm³/mol. The molecule has 0 radical (unpaired) electrons. The molecule has 0 aliphatic carbocycles. The van der Waals surface area contributed by atoms with Crippen molar-refractivity contribution in [3.05, 3.63) is 29.8 Å². The third-order valence-corrected chi connectivity index (χ3v) is 7.32. The molecule has 2 saturated heterocycles. The Bertz CT molecular complexity index is 743. The molecule has 2 heterocycles. The lowest BCUT2D eigenvalue weighted by molar-refractivity contribution is 0.0533. The summed E-state index contributed by atoms with van der Waals surface area (Å²) in [6, 6.07) is 6.41. The average Bonchev–Trinajstić information content (AvgIpc) is 3.12. The zero-order valence-electron chi connectivity index (χ0n) is 15.3. The lowest BCUT2D eigenvalue weighted by atomic mass is 9.79. The van der Waals surface area contributed by atoms with Gasteiger partial charge in [-0.3, -0.25) is 4.79 Å². The molecule has 1 unspecified atom stereocenters. The summed E-state index contributed by atoms with van der Waals surface area (Å²) in [6.07, 6.45) is 2.59. The van der Waals surface area contributed by atoms with E-state index in [0.717, 1.165) is 19.3 Å². The fraction of sp³-hybridized carbons (Fsp3) is 0.611. The molecule has 1 atom stereocenters. The quantitative estimate of drug-likeness (QED) is 0.840. The SMILES string of the molecule is CC1(C)CN(C(=O)c2ccc(S(=O)(=O)N3CCCC3)cc2)CCC1N.Cl. The number of rotatable bonds is 3. The Balaban J connectivity index is 0.00000243. The topological polar surface area (TPSA) is 83.7 Å². The van der Waals surface area contributed by atoms with Gasteiger partial charge in [0.1, 0.15) is 0 Å². The van der Waals surface area contributed by atoms with Crippen molar-refractivity contribution in [3.63, 3.8) is 0 Å². The molecule has 26 heavy (non-hydrogen) atoms. The van der Waals surface area contributed by atoms with Crippen molar-refractivity contribution in [3.8, 4) is 0 Å². The van der Waals surface area contributed by atoms with Crippen molar-refractivity contribution >= 4 is 28.3 Å². The minimum atomic E-state index is -3.44. The van der Waals surface area contributed by atoms with Gasteiger partial charge in [0.2, 0.25) is 10.0 Å². The molecule has 2 aliphatic rings. The molecule has 2 aliphatic heterocycles. The van der Waals surface area contributed by atoms with Crippen LogP contribution in [0.2, 0.25) is 0 Å². The Morgan fingerprint density at radius 2 is 1.69 bits per heavy atom. The van der Waals surface area contributed by atoms with Crippen molar-refractivity contribution in [2.24, 2.45) is 11.1 Å². The lowest BCUT2D eigenvalue weighted by Crippen LogP contribution is -2.54. The number of amides is 1. The summed E-state index contributed by atoms with van der Waals surface area (Å²) < 4.78 is 26.6. The molecular formula is C18H28ClN3O3S. The Morgan fingerprint density at radius 1 is 1.12 bits per heavy atom. The summed E-state index contributed by atoms with van der Waals surface area (Å²) in [5.41, 5.74) is 6.53. The summed E-state index contributed by atoms with van der Waals surface area (Å²) >= 11 is 0. The first-order valence-corrected chi connectivity index (χ1v) is 10.3. The maximum atomic E-state index is 12.7. The van der Waals surface area contributed by atoms with Gasteiger partial charge in [-0.25, -0.2) is 8.42 Å². The molecule has 2 fully saturated rings. The molecule has 0 saturated carbocycles. The molecule has 3 rings (SSSR count). The second-order valence-electron chi connectivity index (χ2n) is 7.75. The van der Waals surface area contributed by atoms with Gasteiger partial charge in [0.05, 0.1) is 4.90 Å². The van der Waals surface area contributed by atoms with E-state index in [1.807, 2.05) is 4.90 Å². The van der Waals surface area contributed by atoms with Crippen LogP contribution in [0.4, 0.5) is 0 Å². The molecule has 1 aromatic carbocycles. The van der Waals surface area contributed by atoms with E-state index in [4.69, 9.17) is 5.73 Å². The number of piperidine rings is 1. The largest absolute Gasteiger partial charge is 0.338 e. The number of nitrogens with zero attached hydrogens (tertiary/aromatic N) is 2. The number of sulfonamides is 1. The highest BCUT2D eigenvalue weighted by Crippen LogP contribution is 2.29. The van der Waals surface area contributed by atoms with Gasteiger partial charge < -0.3 is 10.6 Å². The molecular weight excluding hydrogens is 374 g/mol. The van der Waals surface area contributed by atoms with E-state index in [1.54, 1.807) is 24.3 Å². The van der Waals surface area contributed by atoms with Crippen LogP contribution in [0.3, 0.4) is 0 Å². The van der Waals surface area contributed by atoms with Crippen LogP contribution in [-0.4, -0.2) is 55.8 Å². The number of hydrogen-bond donors (Lipinski definition) is 1. The molecule has 2 N–H and O–H groups in total. The van der Waals surface area contributed by atoms with E-state index >= 15 is 0 Å². The van der Waals surface area contributed by atoms with Gasteiger partial charge in [-0.15, -0.1) is 12.4 Å². The Labute approximate surface area is 162 Å². The molecule has 0 bridgehead atoms. The summed E-state index contributed by atoms with van der Waals surface area (Å²) in [5, 5.41) is 0. The Morgan fingerprint density at radius 3 is 2.23 bits per heavy atom. The van der Waals surface area contributed by atoms with Crippen LogP contribution in [0, 0.1) is 5.41 Å². The maximum Gasteiger partial charge on any atom is 0.253 e.